The van der Waals surface area contributed by atoms with Crippen molar-refractivity contribution in [3.05, 3.63) is 59.3 Å². The Labute approximate surface area is 104 Å². The van der Waals surface area contributed by atoms with Crippen LogP contribution in [0.1, 0.15) is 21.5 Å². The van der Waals surface area contributed by atoms with Crippen LogP contribution < -0.4 is 5.73 Å². The monoisotopic (exact) mass is 238 g/mol. The van der Waals surface area contributed by atoms with E-state index < -0.39 is 5.97 Å². The van der Waals surface area contributed by atoms with E-state index in [0.717, 1.165) is 5.56 Å². The van der Waals surface area contributed by atoms with E-state index in [1.54, 1.807) is 0 Å². The standard InChI is InChI=1S/C14H10N2O2/c15-13-11(8-12(9-16-13)14(17)18)7-6-10-4-2-1-3-5-10/h1-5,8-9H,(H2,15,16)(H,17,18). The van der Waals surface area contributed by atoms with E-state index in [1.807, 2.05) is 30.3 Å². The number of pyridine rings is 1. The second-order valence-corrected chi connectivity index (χ2v) is 3.58. The first kappa shape index (κ1) is 11.7. The molecular weight excluding hydrogens is 228 g/mol. The first-order valence-corrected chi connectivity index (χ1v) is 5.22. The van der Waals surface area contributed by atoms with E-state index in [9.17, 15) is 4.79 Å². The van der Waals surface area contributed by atoms with Crippen LogP contribution in [-0.4, -0.2) is 16.1 Å². The lowest BCUT2D eigenvalue weighted by molar-refractivity contribution is 0.0696. The zero-order valence-corrected chi connectivity index (χ0v) is 9.42. The van der Waals surface area contributed by atoms with E-state index in [2.05, 4.69) is 16.8 Å². The number of carboxylic acids is 1. The fraction of sp³-hybridized carbons (Fsp3) is 0. The molecule has 0 saturated heterocycles. The Morgan fingerprint density at radius 2 is 1.94 bits per heavy atom. The molecule has 0 bridgehead atoms. The van der Waals surface area contributed by atoms with Gasteiger partial charge in [0.15, 0.2) is 0 Å². The largest absolute Gasteiger partial charge is 0.478 e. The molecule has 0 amide bonds. The molecule has 0 unspecified atom stereocenters. The highest BCUT2D eigenvalue weighted by molar-refractivity contribution is 5.88. The van der Waals surface area contributed by atoms with Crippen molar-refractivity contribution >= 4 is 11.8 Å². The molecule has 88 valence electrons. The molecule has 0 atom stereocenters. The van der Waals surface area contributed by atoms with Gasteiger partial charge in [0.2, 0.25) is 0 Å². The predicted molar refractivity (Wildman–Crippen MR) is 68.0 cm³/mol. The number of rotatable bonds is 1. The molecule has 0 aliphatic carbocycles. The smallest absolute Gasteiger partial charge is 0.337 e. The number of benzene rings is 1. The Kier molecular flexibility index (Phi) is 3.26. The van der Waals surface area contributed by atoms with Gasteiger partial charge in [-0.1, -0.05) is 30.0 Å². The molecule has 0 fully saturated rings. The van der Waals surface area contributed by atoms with Gasteiger partial charge in [-0.05, 0) is 18.2 Å². The van der Waals surface area contributed by atoms with Crippen molar-refractivity contribution in [2.75, 3.05) is 5.73 Å². The number of nitrogen functional groups attached to an aromatic ring is 1. The van der Waals surface area contributed by atoms with Crippen LogP contribution in [-0.2, 0) is 0 Å². The second kappa shape index (κ2) is 5.02. The lowest BCUT2D eigenvalue weighted by atomic mass is 10.1. The van der Waals surface area contributed by atoms with Crippen molar-refractivity contribution in [1.29, 1.82) is 0 Å². The number of hydrogen-bond acceptors (Lipinski definition) is 3. The summed E-state index contributed by atoms with van der Waals surface area (Å²) in [5, 5.41) is 8.86. The first-order chi connectivity index (χ1) is 8.66. The highest BCUT2D eigenvalue weighted by atomic mass is 16.4. The summed E-state index contributed by atoms with van der Waals surface area (Å²) in [6.07, 6.45) is 1.21. The Hall–Kier alpha value is -2.80. The topological polar surface area (TPSA) is 76.2 Å². The third kappa shape index (κ3) is 2.66. The minimum absolute atomic E-state index is 0.0709. The SMILES string of the molecule is Nc1ncc(C(=O)O)cc1C#Cc1ccccc1. The van der Waals surface area contributed by atoms with Gasteiger partial charge in [-0.3, -0.25) is 0 Å². The molecule has 18 heavy (non-hydrogen) atoms. The number of aromatic nitrogens is 1. The average Bonchev–Trinajstić information content (AvgIpc) is 2.38. The highest BCUT2D eigenvalue weighted by Gasteiger charge is 2.06. The minimum Gasteiger partial charge on any atom is -0.478 e. The predicted octanol–water partition coefficient (Wildman–Crippen LogP) is 1.76. The van der Waals surface area contributed by atoms with Gasteiger partial charge >= 0.3 is 5.97 Å². The molecule has 4 heteroatoms. The van der Waals surface area contributed by atoms with E-state index in [4.69, 9.17) is 10.8 Å². The van der Waals surface area contributed by atoms with Crippen molar-refractivity contribution in [2.24, 2.45) is 0 Å². The summed E-state index contributed by atoms with van der Waals surface area (Å²) in [5.74, 6) is 4.90. The molecule has 1 heterocycles. The van der Waals surface area contributed by atoms with Gasteiger partial charge in [-0.15, -0.1) is 0 Å². The van der Waals surface area contributed by atoms with Crippen LogP contribution in [0.3, 0.4) is 0 Å². The van der Waals surface area contributed by atoms with E-state index in [1.165, 1.54) is 12.3 Å². The van der Waals surface area contributed by atoms with Crippen LogP contribution in [0.5, 0.6) is 0 Å². The lowest BCUT2D eigenvalue weighted by Gasteiger charge is -1.98. The van der Waals surface area contributed by atoms with E-state index in [-0.39, 0.29) is 11.4 Å². The molecule has 1 aromatic carbocycles. The number of aromatic carboxylic acids is 1. The molecular formula is C14H10N2O2. The normalized spacial score (nSPS) is 9.33. The van der Waals surface area contributed by atoms with Crippen molar-refractivity contribution in [3.8, 4) is 11.8 Å². The Bertz CT molecular complexity index is 640. The molecule has 3 N–H and O–H groups in total. The second-order valence-electron chi connectivity index (χ2n) is 3.58. The minimum atomic E-state index is -1.05. The van der Waals surface area contributed by atoms with E-state index >= 15 is 0 Å². The van der Waals surface area contributed by atoms with Gasteiger partial charge in [0.25, 0.3) is 0 Å². The molecule has 2 aromatic rings. The number of hydrogen-bond donors (Lipinski definition) is 2. The Morgan fingerprint density at radius 1 is 1.22 bits per heavy atom. The Morgan fingerprint density at radius 3 is 2.61 bits per heavy atom. The van der Waals surface area contributed by atoms with Gasteiger partial charge in [0.05, 0.1) is 11.1 Å². The Balaban J connectivity index is 2.38. The van der Waals surface area contributed by atoms with Crippen LogP contribution in [0.2, 0.25) is 0 Å². The maximum Gasteiger partial charge on any atom is 0.337 e. The number of nitrogens with two attached hydrogens (primary N) is 1. The third-order valence-electron chi connectivity index (χ3n) is 2.28. The molecule has 1 aromatic heterocycles. The van der Waals surface area contributed by atoms with Gasteiger partial charge in [0.1, 0.15) is 5.82 Å². The van der Waals surface area contributed by atoms with Gasteiger partial charge < -0.3 is 10.8 Å². The molecule has 0 spiro atoms. The maximum atomic E-state index is 10.8. The molecule has 2 rings (SSSR count). The van der Waals surface area contributed by atoms with Gasteiger partial charge in [-0.25, -0.2) is 9.78 Å². The molecule has 0 aliphatic heterocycles. The van der Waals surface area contributed by atoms with Crippen molar-refractivity contribution in [3.63, 3.8) is 0 Å². The molecule has 0 saturated carbocycles. The summed E-state index contributed by atoms with van der Waals surface area (Å²) in [4.78, 5) is 14.6. The van der Waals surface area contributed by atoms with Crippen LogP contribution in [0, 0.1) is 11.8 Å². The zero-order valence-electron chi connectivity index (χ0n) is 9.42. The highest BCUT2D eigenvalue weighted by Crippen LogP contribution is 2.09. The van der Waals surface area contributed by atoms with Gasteiger partial charge in [0, 0.05) is 11.8 Å². The summed E-state index contributed by atoms with van der Waals surface area (Å²) in [5.41, 5.74) is 6.96. The third-order valence-corrected chi connectivity index (χ3v) is 2.28. The fourth-order valence-electron chi connectivity index (χ4n) is 1.35. The lowest BCUT2D eigenvalue weighted by Crippen LogP contribution is -2.01. The van der Waals surface area contributed by atoms with Crippen LogP contribution in [0.4, 0.5) is 5.82 Å². The number of nitrogens with zero attached hydrogens (tertiary/aromatic N) is 1. The molecule has 0 radical (unpaired) electrons. The number of anilines is 1. The fourth-order valence-corrected chi connectivity index (χ4v) is 1.35. The number of carbonyl (C=O) groups is 1. The number of carboxylic acid groups (broad SMARTS) is 1. The molecule has 4 nitrogen and oxygen atoms in total. The van der Waals surface area contributed by atoms with Crippen LogP contribution >= 0.6 is 0 Å². The average molecular weight is 238 g/mol. The van der Waals surface area contributed by atoms with Crippen LogP contribution in [0.25, 0.3) is 0 Å². The van der Waals surface area contributed by atoms with E-state index in [0.29, 0.717) is 5.56 Å². The van der Waals surface area contributed by atoms with Crippen molar-refractivity contribution in [1.82, 2.24) is 4.98 Å². The zero-order chi connectivity index (χ0) is 13.0. The van der Waals surface area contributed by atoms with Crippen molar-refractivity contribution in [2.45, 2.75) is 0 Å². The summed E-state index contributed by atoms with van der Waals surface area (Å²) in [7, 11) is 0. The molecule has 0 aliphatic rings. The summed E-state index contributed by atoms with van der Waals surface area (Å²) in [6, 6.07) is 10.8. The summed E-state index contributed by atoms with van der Waals surface area (Å²) in [6.45, 7) is 0. The summed E-state index contributed by atoms with van der Waals surface area (Å²) >= 11 is 0. The van der Waals surface area contributed by atoms with Crippen molar-refractivity contribution < 1.29 is 9.90 Å². The van der Waals surface area contributed by atoms with Crippen LogP contribution in [0.15, 0.2) is 42.6 Å². The first-order valence-electron chi connectivity index (χ1n) is 5.22. The maximum absolute atomic E-state index is 10.8. The quantitative estimate of drug-likeness (QED) is 0.742. The van der Waals surface area contributed by atoms with Gasteiger partial charge in [-0.2, -0.15) is 0 Å². The summed E-state index contributed by atoms with van der Waals surface area (Å²) < 4.78 is 0.